The van der Waals surface area contributed by atoms with E-state index in [1.54, 1.807) is 34.6 Å². The lowest BCUT2D eigenvalue weighted by Crippen LogP contribution is -2.45. The van der Waals surface area contributed by atoms with E-state index in [9.17, 15) is 9.59 Å². The molecule has 2 aromatic heterocycles. The van der Waals surface area contributed by atoms with Crippen LogP contribution in [0.15, 0.2) is 60.1 Å². The molecule has 0 radical (unpaired) electrons. The zero-order valence-corrected chi connectivity index (χ0v) is 23.9. The van der Waals surface area contributed by atoms with E-state index in [1.807, 2.05) is 39.0 Å². The number of amides is 1. The van der Waals surface area contributed by atoms with E-state index in [4.69, 9.17) is 14.8 Å². The van der Waals surface area contributed by atoms with Gasteiger partial charge in [-0.25, -0.2) is 19.6 Å². The van der Waals surface area contributed by atoms with Crippen molar-refractivity contribution >= 4 is 60.1 Å². The first-order valence-electron chi connectivity index (χ1n) is 11.8. The summed E-state index contributed by atoms with van der Waals surface area (Å²) < 4.78 is 5.71. The summed E-state index contributed by atoms with van der Waals surface area (Å²) in [6, 6.07) is 13.5. The van der Waals surface area contributed by atoms with Crippen LogP contribution in [0.5, 0.6) is 0 Å². The number of carboxylic acids is 1. The molecule has 4 rings (SSSR count). The fraction of sp³-hybridized carbons (Fsp3) is 0.333. The Kier molecular flexibility index (Phi) is 11.3. The van der Waals surface area contributed by atoms with Gasteiger partial charge in [-0.15, -0.1) is 36.2 Å². The Labute approximate surface area is 239 Å². The highest BCUT2D eigenvalue weighted by Gasteiger charge is 2.35. The van der Waals surface area contributed by atoms with Gasteiger partial charge >= 0.3 is 12.1 Å². The molecule has 38 heavy (non-hydrogen) atoms. The summed E-state index contributed by atoms with van der Waals surface area (Å²) >= 11 is 1.63. The topological polar surface area (TPSA) is 95.9 Å². The van der Waals surface area contributed by atoms with Crippen LogP contribution < -0.4 is 4.90 Å². The van der Waals surface area contributed by atoms with Crippen LogP contribution in [0.2, 0.25) is 0 Å². The number of halogens is 2. The molecule has 8 nitrogen and oxygen atoms in total. The Bertz CT molecular complexity index is 1230. The van der Waals surface area contributed by atoms with Crippen molar-refractivity contribution < 1.29 is 19.4 Å². The van der Waals surface area contributed by atoms with Gasteiger partial charge in [-0.05, 0) is 51.0 Å². The number of likely N-dealkylation sites (tertiary alicyclic amines) is 1. The van der Waals surface area contributed by atoms with E-state index in [1.165, 1.54) is 6.08 Å². The van der Waals surface area contributed by atoms with Gasteiger partial charge in [0, 0.05) is 42.9 Å². The van der Waals surface area contributed by atoms with E-state index in [0.29, 0.717) is 24.5 Å². The van der Waals surface area contributed by atoms with Gasteiger partial charge in [0.25, 0.3) is 0 Å². The Balaban J connectivity index is 0.00000253. The lowest BCUT2D eigenvalue weighted by Gasteiger charge is -2.31. The summed E-state index contributed by atoms with van der Waals surface area (Å²) in [7, 11) is 0. The summed E-state index contributed by atoms with van der Waals surface area (Å²) in [6.07, 6.45) is 4.40. The predicted molar refractivity (Wildman–Crippen MR) is 155 cm³/mol. The number of thiazole rings is 1. The number of aliphatic carboxylic acids is 1. The Morgan fingerprint density at radius 3 is 2.55 bits per heavy atom. The lowest BCUT2D eigenvalue weighted by atomic mass is 10.2. The van der Waals surface area contributed by atoms with Crippen LogP contribution in [-0.4, -0.2) is 56.8 Å². The van der Waals surface area contributed by atoms with Gasteiger partial charge in [-0.1, -0.05) is 30.3 Å². The third-order valence-corrected chi connectivity index (χ3v) is 6.54. The average molecular weight is 580 g/mol. The maximum Gasteiger partial charge on any atom is 0.416 e. The summed E-state index contributed by atoms with van der Waals surface area (Å²) in [5.41, 5.74) is 2.11. The minimum absolute atomic E-state index is 0. The molecule has 1 saturated heterocycles. The van der Waals surface area contributed by atoms with Gasteiger partial charge in [-0.2, -0.15) is 0 Å². The molecule has 0 bridgehead atoms. The first-order valence-corrected chi connectivity index (χ1v) is 12.7. The van der Waals surface area contributed by atoms with Crippen LogP contribution in [0.25, 0.3) is 16.6 Å². The van der Waals surface area contributed by atoms with Crippen LogP contribution in [-0.2, 0) is 16.1 Å². The van der Waals surface area contributed by atoms with Crippen molar-refractivity contribution in [3.8, 4) is 10.6 Å². The maximum absolute atomic E-state index is 13.2. The number of pyridine rings is 1. The normalized spacial score (nSPS) is 15.5. The molecule has 11 heteroatoms. The molecule has 3 aromatic rings. The number of ether oxygens (including phenoxy) is 1. The number of carbonyl (C=O) groups is 2. The van der Waals surface area contributed by atoms with Crippen molar-refractivity contribution in [1.82, 2.24) is 14.9 Å². The minimum atomic E-state index is -1.03. The zero-order valence-electron chi connectivity index (χ0n) is 21.4. The standard InChI is InChI=1S/C27H30N4O4S.2ClH/c1-27(2,3)35-26(34)31(23-11-9-19(15-28-23)10-12-24(32)33)22-13-14-30(17-22)16-21-18-36-25(29-21)20-7-5-4-6-8-20;;/h4-12,15,18,22H,13-14,16-17H2,1-3H3,(H,32,33);2*1H/t22-;;/m1../s1. The number of anilines is 1. The number of benzene rings is 1. The minimum Gasteiger partial charge on any atom is -0.478 e. The van der Waals surface area contributed by atoms with Gasteiger partial charge < -0.3 is 9.84 Å². The first kappa shape index (κ1) is 31.2. The van der Waals surface area contributed by atoms with Gasteiger partial charge in [0.15, 0.2) is 0 Å². The Morgan fingerprint density at radius 2 is 1.92 bits per heavy atom. The van der Waals surface area contributed by atoms with E-state index >= 15 is 0 Å². The molecular formula is C27H32Cl2N4O4S. The number of hydrogen-bond donors (Lipinski definition) is 1. The monoisotopic (exact) mass is 578 g/mol. The third-order valence-electron chi connectivity index (χ3n) is 5.60. The molecule has 1 amide bonds. The number of aromatic nitrogens is 2. The third kappa shape index (κ3) is 8.52. The van der Waals surface area contributed by atoms with Crippen molar-refractivity contribution in [2.75, 3.05) is 18.0 Å². The molecule has 0 aliphatic carbocycles. The maximum atomic E-state index is 13.2. The highest BCUT2D eigenvalue weighted by molar-refractivity contribution is 7.13. The quantitative estimate of drug-likeness (QED) is 0.335. The second kappa shape index (κ2) is 13.7. The van der Waals surface area contributed by atoms with E-state index in [0.717, 1.165) is 35.3 Å². The molecular weight excluding hydrogens is 547 g/mol. The molecule has 1 aliphatic rings. The van der Waals surface area contributed by atoms with Crippen LogP contribution >= 0.6 is 36.2 Å². The van der Waals surface area contributed by atoms with E-state index in [-0.39, 0.29) is 30.9 Å². The molecule has 1 atom stereocenters. The SMILES string of the molecule is CC(C)(C)OC(=O)N(c1ccc(C=CC(=O)O)cn1)[C@@H]1CCN(Cc2csc(-c3ccccc3)n2)C1.Cl.Cl. The molecule has 204 valence electrons. The van der Waals surface area contributed by atoms with Crippen LogP contribution in [0.4, 0.5) is 10.6 Å². The van der Waals surface area contributed by atoms with Crippen molar-refractivity contribution in [1.29, 1.82) is 0 Å². The van der Waals surface area contributed by atoms with Crippen molar-refractivity contribution in [3.05, 3.63) is 71.4 Å². The summed E-state index contributed by atoms with van der Waals surface area (Å²) in [6.45, 7) is 7.70. The van der Waals surface area contributed by atoms with E-state index in [2.05, 4.69) is 27.4 Å². The Morgan fingerprint density at radius 1 is 1.18 bits per heavy atom. The van der Waals surface area contributed by atoms with Crippen molar-refractivity contribution in [2.24, 2.45) is 0 Å². The van der Waals surface area contributed by atoms with Crippen LogP contribution in [0, 0.1) is 0 Å². The van der Waals surface area contributed by atoms with Crippen LogP contribution in [0.1, 0.15) is 38.4 Å². The number of carbonyl (C=O) groups excluding carboxylic acids is 1. The largest absolute Gasteiger partial charge is 0.478 e. The van der Waals surface area contributed by atoms with E-state index < -0.39 is 17.7 Å². The van der Waals surface area contributed by atoms with Crippen molar-refractivity contribution in [3.63, 3.8) is 0 Å². The molecule has 0 unspecified atom stereocenters. The fourth-order valence-corrected chi connectivity index (χ4v) is 4.85. The van der Waals surface area contributed by atoms with Gasteiger partial charge in [0.05, 0.1) is 11.7 Å². The summed E-state index contributed by atoms with van der Waals surface area (Å²) in [5.74, 6) is -0.555. The highest BCUT2D eigenvalue weighted by atomic mass is 35.5. The molecule has 0 saturated carbocycles. The predicted octanol–water partition coefficient (Wildman–Crippen LogP) is 6.16. The van der Waals surface area contributed by atoms with Gasteiger partial charge in [0.2, 0.25) is 0 Å². The molecule has 0 spiro atoms. The van der Waals surface area contributed by atoms with Gasteiger partial charge in [-0.3, -0.25) is 9.80 Å². The number of rotatable bonds is 7. The lowest BCUT2D eigenvalue weighted by molar-refractivity contribution is -0.131. The Hall–Kier alpha value is -2.98. The summed E-state index contributed by atoms with van der Waals surface area (Å²) in [5, 5.41) is 11.9. The molecule has 3 heterocycles. The fourth-order valence-electron chi connectivity index (χ4n) is 4.04. The molecule has 1 aliphatic heterocycles. The van der Waals surface area contributed by atoms with Crippen molar-refractivity contribution in [2.45, 2.75) is 45.4 Å². The smallest absolute Gasteiger partial charge is 0.416 e. The molecule has 1 N–H and O–H groups in total. The second-order valence-electron chi connectivity index (χ2n) is 9.66. The zero-order chi connectivity index (χ0) is 25.7. The number of nitrogens with zero attached hydrogens (tertiary/aromatic N) is 4. The first-order chi connectivity index (χ1) is 17.2. The molecule has 1 fully saturated rings. The highest BCUT2D eigenvalue weighted by Crippen LogP contribution is 2.28. The average Bonchev–Trinajstić information content (AvgIpc) is 3.48. The van der Waals surface area contributed by atoms with Crippen LogP contribution in [0.3, 0.4) is 0 Å². The number of carboxylic acid groups (broad SMARTS) is 1. The second-order valence-corrected chi connectivity index (χ2v) is 10.5. The summed E-state index contributed by atoms with van der Waals surface area (Å²) in [4.78, 5) is 37.2. The van der Waals surface area contributed by atoms with Gasteiger partial charge in [0.1, 0.15) is 16.4 Å². The molecule has 1 aromatic carbocycles. The number of hydrogen-bond acceptors (Lipinski definition) is 7.